The van der Waals surface area contributed by atoms with E-state index in [2.05, 4.69) is 4.90 Å². The van der Waals surface area contributed by atoms with Crippen LogP contribution in [-0.4, -0.2) is 69.9 Å². The SMILES string of the molecule is COc1ccc(F)cc1S(=O)(=O)N1CCC[C@@H](C(=O)N2CCN(c3cccc(Cl)c3)CC2)C1. The quantitative estimate of drug-likeness (QED) is 0.637. The van der Waals surface area contributed by atoms with Gasteiger partial charge in [0.25, 0.3) is 0 Å². The monoisotopic (exact) mass is 495 g/mol. The van der Waals surface area contributed by atoms with E-state index in [-0.39, 0.29) is 29.6 Å². The highest BCUT2D eigenvalue weighted by atomic mass is 35.5. The molecule has 2 heterocycles. The highest BCUT2D eigenvalue weighted by Gasteiger charge is 2.37. The predicted octanol–water partition coefficient (Wildman–Crippen LogP) is 3.24. The molecule has 0 aromatic heterocycles. The Morgan fingerprint density at radius 3 is 2.55 bits per heavy atom. The van der Waals surface area contributed by atoms with E-state index in [4.69, 9.17) is 16.3 Å². The lowest BCUT2D eigenvalue weighted by atomic mass is 9.97. The van der Waals surface area contributed by atoms with E-state index in [1.54, 1.807) is 0 Å². The maximum absolute atomic E-state index is 13.8. The molecule has 10 heteroatoms. The fourth-order valence-electron chi connectivity index (χ4n) is 4.47. The van der Waals surface area contributed by atoms with Crippen LogP contribution in [0.2, 0.25) is 5.02 Å². The van der Waals surface area contributed by atoms with Crippen LogP contribution in [0.1, 0.15) is 12.8 Å². The maximum Gasteiger partial charge on any atom is 0.246 e. The zero-order valence-electron chi connectivity index (χ0n) is 18.4. The molecule has 0 bridgehead atoms. The molecule has 2 saturated heterocycles. The Morgan fingerprint density at radius 1 is 1.09 bits per heavy atom. The molecular formula is C23H27ClFN3O4S. The Bertz CT molecular complexity index is 1120. The number of hydrogen-bond acceptors (Lipinski definition) is 5. The minimum absolute atomic E-state index is 0.0353. The second kappa shape index (κ2) is 9.87. The van der Waals surface area contributed by atoms with E-state index in [9.17, 15) is 17.6 Å². The predicted molar refractivity (Wildman–Crippen MR) is 125 cm³/mol. The summed E-state index contributed by atoms with van der Waals surface area (Å²) in [5.41, 5.74) is 1.02. The van der Waals surface area contributed by atoms with Gasteiger partial charge < -0.3 is 14.5 Å². The molecule has 7 nitrogen and oxygen atoms in total. The number of ether oxygens (including phenoxy) is 1. The highest BCUT2D eigenvalue weighted by molar-refractivity contribution is 7.89. The van der Waals surface area contributed by atoms with Crippen molar-refractivity contribution in [2.45, 2.75) is 17.7 Å². The lowest BCUT2D eigenvalue weighted by molar-refractivity contribution is -0.137. The number of rotatable bonds is 5. The molecule has 2 aromatic rings. The van der Waals surface area contributed by atoms with Crippen LogP contribution in [0.4, 0.5) is 10.1 Å². The van der Waals surface area contributed by atoms with Gasteiger partial charge in [-0.2, -0.15) is 4.31 Å². The molecule has 178 valence electrons. The van der Waals surface area contributed by atoms with Crippen LogP contribution in [0.5, 0.6) is 5.75 Å². The van der Waals surface area contributed by atoms with Gasteiger partial charge in [0.05, 0.1) is 13.0 Å². The summed E-state index contributed by atoms with van der Waals surface area (Å²) in [6.07, 6.45) is 1.19. The van der Waals surface area contributed by atoms with Gasteiger partial charge in [-0.25, -0.2) is 12.8 Å². The van der Waals surface area contributed by atoms with Crippen molar-refractivity contribution in [1.82, 2.24) is 9.21 Å². The number of carbonyl (C=O) groups excluding carboxylic acids is 1. The van der Waals surface area contributed by atoms with Crippen molar-refractivity contribution in [3.8, 4) is 5.75 Å². The molecule has 1 amide bonds. The second-order valence-corrected chi connectivity index (χ2v) is 10.6. The summed E-state index contributed by atoms with van der Waals surface area (Å²) < 4.78 is 46.7. The van der Waals surface area contributed by atoms with Crippen molar-refractivity contribution in [2.24, 2.45) is 5.92 Å². The van der Waals surface area contributed by atoms with Crippen LogP contribution in [-0.2, 0) is 14.8 Å². The maximum atomic E-state index is 13.8. The normalized spacial score (nSPS) is 20.0. The van der Waals surface area contributed by atoms with E-state index in [1.807, 2.05) is 29.2 Å². The molecule has 2 aromatic carbocycles. The van der Waals surface area contributed by atoms with Gasteiger partial charge in [0.1, 0.15) is 16.5 Å². The highest BCUT2D eigenvalue weighted by Crippen LogP contribution is 2.31. The topological polar surface area (TPSA) is 70.2 Å². The first-order valence-corrected chi connectivity index (χ1v) is 12.7. The van der Waals surface area contributed by atoms with E-state index in [0.717, 1.165) is 17.8 Å². The van der Waals surface area contributed by atoms with Crippen molar-refractivity contribution in [3.63, 3.8) is 0 Å². The molecule has 33 heavy (non-hydrogen) atoms. The second-order valence-electron chi connectivity index (χ2n) is 8.29. The summed E-state index contributed by atoms with van der Waals surface area (Å²) in [6, 6.07) is 11.1. The summed E-state index contributed by atoms with van der Waals surface area (Å²) in [7, 11) is -2.65. The van der Waals surface area contributed by atoms with Gasteiger partial charge >= 0.3 is 0 Å². The van der Waals surface area contributed by atoms with Crippen molar-refractivity contribution in [1.29, 1.82) is 0 Å². The van der Waals surface area contributed by atoms with Crippen LogP contribution in [0, 0.1) is 11.7 Å². The largest absolute Gasteiger partial charge is 0.495 e. The van der Waals surface area contributed by atoms with Gasteiger partial charge in [-0.3, -0.25) is 4.79 Å². The number of halogens is 2. The van der Waals surface area contributed by atoms with Gasteiger partial charge in [-0.05, 0) is 49.2 Å². The van der Waals surface area contributed by atoms with Crippen LogP contribution >= 0.6 is 11.6 Å². The summed E-state index contributed by atoms with van der Waals surface area (Å²) in [5.74, 6) is -1.03. The Morgan fingerprint density at radius 2 is 1.85 bits per heavy atom. The number of benzene rings is 2. The third-order valence-electron chi connectivity index (χ3n) is 6.24. The average molecular weight is 496 g/mol. The molecule has 2 aliphatic heterocycles. The van der Waals surface area contributed by atoms with Gasteiger partial charge in [-0.1, -0.05) is 17.7 Å². The third-order valence-corrected chi connectivity index (χ3v) is 8.36. The molecule has 2 fully saturated rings. The average Bonchev–Trinajstić information content (AvgIpc) is 2.83. The smallest absolute Gasteiger partial charge is 0.246 e. The zero-order valence-corrected chi connectivity index (χ0v) is 20.0. The fourth-order valence-corrected chi connectivity index (χ4v) is 6.35. The van der Waals surface area contributed by atoms with E-state index < -0.39 is 21.8 Å². The van der Waals surface area contributed by atoms with E-state index >= 15 is 0 Å². The van der Waals surface area contributed by atoms with Crippen molar-refractivity contribution >= 4 is 33.2 Å². The number of nitrogens with zero attached hydrogens (tertiary/aromatic N) is 3. The summed E-state index contributed by atoms with van der Waals surface area (Å²) >= 11 is 6.09. The first-order chi connectivity index (χ1) is 15.8. The van der Waals surface area contributed by atoms with E-state index in [1.165, 1.54) is 17.5 Å². The Kier molecular flexibility index (Phi) is 7.11. The van der Waals surface area contributed by atoms with E-state index in [0.29, 0.717) is 44.0 Å². The summed E-state index contributed by atoms with van der Waals surface area (Å²) in [4.78, 5) is 17.0. The van der Waals surface area contributed by atoms with Crippen LogP contribution in [0.3, 0.4) is 0 Å². The molecule has 4 rings (SSSR count). The molecule has 2 aliphatic rings. The molecule has 0 unspecified atom stereocenters. The Balaban J connectivity index is 1.42. The number of hydrogen-bond donors (Lipinski definition) is 0. The molecule has 0 N–H and O–H groups in total. The first kappa shape index (κ1) is 23.8. The minimum Gasteiger partial charge on any atom is -0.495 e. The molecule has 1 atom stereocenters. The molecule has 0 saturated carbocycles. The summed E-state index contributed by atoms with van der Waals surface area (Å²) in [5, 5.41) is 0.671. The number of anilines is 1. The molecule has 0 spiro atoms. The van der Waals surface area contributed by atoms with Crippen molar-refractivity contribution in [3.05, 3.63) is 53.3 Å². The standard InChI is InChI=1S/C23H27ClFN3O4S/c1-32-21-8-7-19(25)15-22(21)33(30,31)28-9-3-4-17(16-28)23(29)27-12-10-26(11-13-27)20-6-2-5-18(24)14-20/h2,5-8,14-15,17H,3-4,9-13,16H2,1H3/t17-/m1/s1. The number of piperidine rings is 1. The van der Waals surface area contributed by atoms with Crippen LogP contribution in [0.25, 0.3) is 0 Å². The lowest BCUT2D eigenvalue weighted by Gasteiger charge is -2.39. The zero-order chi connectivity index (χ0) is 23.6. The molecular weight excluding hydrogens is 469 g/mol. The summed E-state index contributed by atoms with van der Waals surface area (Å²) in [6.45, 7) is 2.85. The number of piperazine rings is 1. The molecule has 0 aliphatic carbocycles. The third kappa shape index (κ3) is 5.10. The fraction of sp³-hybridized carbons (Fsp3) is 0.435. The number of carbonyl (C=O) groups is 1. The van der Waals surface area contributed by atoms with Gasteiger partial charge in [0.2, 0.25) is 15.9 Å². The van der Waals surface area contributed by atoms with Crippen molar-refractivity contribution < 1.29 is 22.3 Å². The Hall–Kier alpha value is -2.36. The number of amides is 1. The van der Waals surface area contributed by atoms with Crippen LogP contribution in [0.15, 0.2) is 47.4 Å². The number of methoxy groups -OCH3 is 1. The Labute approximate surface area is 198 Å². The molecule has 0 radical (unpaired) electrons. The number of sulfonamides is 1. The van der Waals surface area contributed by atoms with Crippen molar-refractivity contribution in [2.75, 3.05) is 51.3 Å². The lowest BCUT2D eigenvalue weighted by Crippen LogP contribution is -2.53. The van der Waals surface area contributed by atoms with Gasteiger partial charge in [-0.15, -0.1) is 0 Å². The van der Waals surface area contributed by atoms with Crippen LogP contribution < -0.4 is 9.64 Å². The van der Waals surface area contributed by atoms with Gasteiger partial charge in [0.15, 0.2) is 0 Å². The van der Waals surface area contributed by atoms with Gasteiger partial charge in [0, 0.05) is 50.0 Å². The first-order valence-electron chi connectivity index (χ1n) is 10.9. The minimum atomic E-state index is -4.00.